The van der Waals surface area contributed by atoms with Crippen LogP contribution in [-0.4, -0.2) is 19.0 Å². The van der Waals surface area contributed by atoms with Crippen molar-refractivity contribution in [1.29, 1.82) is 0 Å². The topological polar surface area (TPSA) is 12.0 Å². The second-order valence-electron chi connectivity index (χ2n) is 5.10. The van der Waals surface area contributed by atoms with E-state index in [1.807, 2.05) is 13.8 Å². The van der Waals surface area contributed by atoms with Crippen LogP contribution in [0.15, 0.2) is 0 Å². The second kappa shape index (κ2) is 3.16. The Bertz CT molecular complexity index is 217. The Hall–Kier alpha value is -0.180. The highest BCUT2D eigenvalue weighted by Crippen LogP contribution is 2.72. The number of hydrogen-bond donors (Lipinski definition) is 1. The maximum absolute atomic E-state index is 13.7. The van der Waals surface area contributed by atoms with Gasteiger partial charge in [-0.3, -0.25) is 0 Å². The Labute approximate surface area is 84.3 Å². The molecule has 0 aromatic rings. The highest BCUT2D eigenvalue weighted by molar-refractivity contribution is 5.19. The average molecular weight is 203 g/mol. The molecule has 14 heavy (non-hydrogen) atoms. The van der Waals surface area contributed by atoms with Crippen LogP contribution in [0.1, 0.15) is 33.1 Å². The number of halogens is 2. The molecule has 1 nitrogen and oxygen atoms in total. The van der Waals surface area contributed by atoms with E-state index in [4.69, 9.17) is 0 Å². The highest BCUT2D eigenvalue weighted by Gasteiger charge is 2.79. The molecule has 2 fully saturated rings. The molecule has 1 aliphatic carbocycles. The van der Waals surface area contributed by atoms with Gasteiger partial charge in [-0.05, 0) is 38.3 Å². The summed E-state index contributed by atoms with van der Waals surface area (Å²) in [7, 11) is 0. The highest BCUT2D eigenvalue weighted by atomic mass is 19.3. The van der Waals surface area contributed by atoms with Crippen LogP contribution in [0, 0.1) is 17.3 Å². The quantitative estimate of drug-likeness (QED) is 0.691. The molecule has 2 rings (SSSR count). The summed E-state index contributed by atoms with van der Waals surface area (Å²) in [5, 5.41) is 3.21. The van der Waals surface area contributed by atoms with E-state index in [1.165, 1.54) is 0 Å². The molecule has 1 spiro atoms. The summed E-state index contributed by atoms with van der Waals surface area (Å²) in [4.78, 5) is 0. The second-order valence-corrected chi connectivity index (χ2v) is 5.10. The Kier molecular flexibility index (Phi) is 2.33. The molecule has 2 unspecified atom stereocenters. The molecule has 1 heterocycles. The zero-order chi connectivity index (χ0) is 10.4. The van der Waals surface area contributed by atoms with Gasteiger partial charge in [-0.15, -0.1) is 0 Å². The molecule has 0 aromatic carbocycles. The van der Waals surface area contributed by atoms with Crippen LogP contribution in [0.4, 0.5) is 8.78 Å². The van der Waals surface area contributed by atoms with E-state index in [9.17, 15) is 8.78 Å². The van der Waals surface area contributed by atoms with Crippen LogP contribution in [-0.2, 0) is 0 Å². The van der Waals surface area contributed by atoms with E-state index in [2.05, 4.69) is 5.32 Å². The summed E-state index contributed by atoms with van der Waals surface area (Å²) >= 11 is 0. The van der Waals surface area contributed by atoms with Crippen molar-refractivity contribution >= 4 is 0 Å². The first-order valence-corrected chi connectivity index (χ1v) is 5.61. The maximum Gasteiger partial charge on any atom is 0.257 e. The Morgan fingerprint density at radius 3 is 2.50 bits per heavy atom. The number of hydrogen-bond acceptors (Lipinski definition) is 1. The fourth-order valence-electron chi connectivity index (χ4n) is 3.33. The summed E-state index contributed by atoms with van der Waals surface area (Å²) in [6.07, 6.45) is 2.26. The van der Waals surface area contributed by atoms with E-state index in [0.29, 0.717) is 12.8 Å². The van der Waals surface area contributed by atoms with E-state index >= 15 is 0 Å². The molecule has 0 aromatic heterocycles. The number of alkyl halides is 2. The zero-order valence-electron chi connectivity index (χ0n) is 8.95. The Morgan fingerprint density at radius 1 is 1.21 bits per heavy atom. The van der Waals surface area contributed by atoms with E-state index in [0.717, 1.165) is 19.5 Å². The molecule has 0 radical (unpaired) electrons. The predicted molar refractivity (Wildman–Crippen MR) is 52.4 cm³/mol. The fourth-order valence-corrected chi connectivity index (χ4v) is 3.33. The van der Waals surface area contributed by atoms with Crippen LogP contribution in [0.5, 0.6) is 0 Å². The van der Waals surface area contributed by atoms with E-state index in [1.54, 1.807) is 0 Å². The maximum atomic E-state index is 13.7. The van der Waals surface area contributed by atoms with Gasteiger partial charge in [-0.1, -0.05) is 13.8 Å². The van der Waals surface area contributed by atoms with Gasteiger partial charge in [0.1, 0.15) is 0 Å². The van der Waals surface area contributed by atoms with Crippen molar-refractivity contribution < 1.29 is 8.78 Å². The van der Waals surface area contributed by atoms with Crippen molar-refractivity contribution in [2.24, 2.45) is 17.3 Å². The zero-order valence-corrected chi connectivity index (χ0v) is 8.95. The fraction of sp³-hybridized carbons (Fsp3) is 1.00. The number of rotatable bonds is 1. The summed E-state index contributed by atoms with van der Waals surface area (Å²) in [6.45, 7) is 5.51. The summed E-state index contributed by atoms with van der Waals surface area (Å²) in [5.74, 6) is -2.65. The minimum absolute atomic E-state index is 0.114. The van der Waals surface area contributed by atoms with Gasteiger partial charge in [0.05, 0.1) is 0 Å². The van der Waals surface area contributed by atoms with Crippen LogP contribution in [0.3, 0.4) is 0 Å². The monoisotopic (exact) mass is 203 g/mol. The third-order valence-electron chi connectivity index (χ3n) is 3.96. The molecule has 1 saturated carbocycles. The van der Waals surface area contributed by atoms with E-state index in [-0.39, 0.29) is 11.8 Å². The molecule has 0 amide bonds. The smallest absolute Gasteiger partial charge is 0.257 e. The average Bonchev–Trinajstić information content (AvgIpc) is 2.65. The Balaban J connectivity index is 2.15. The minimum Gasteiger partial charge on any atom is -0.317 e. The van der Waals surface area contributed by atoms with Crippen LogP contribution in [0.2, 0.25) is 0 Å². The normalized spacial score (nSPS) is 41.4. The van der Waals surface area contributed by atoms with Crippen molar-refractivity contribution in [2.75, 3.05) is 13.1 Å². The molecular weight excluding hydrogens is 184 g/mol. The molecule has 2 atom stereocenters. The summed E-state index contributed by atoms with van der Waals surface area (Å²) < 4.78 is 27.5. The minimum atomic E-state index is -2.40. The van der Waals surface area contributed by atoms with Gasteiger partial charge in [0.15, 0.2) is 0 Å². The van der Waals surface area contributed by atoms with Crippen LogP contribution >= 0.6 is 0 Å². The van der Waals surface area contributed by atoms with Gasteiger partial charge in [0.25, 0.3) is 5.92 Å². The van der Waals surface area contributed by atoms with Crippen molar-refractivity contribution in [2.45, 2.75) is 39.0 Å². The molecule has 82 valence electrons. The van der Waals surface area contributed by atoms with Gasteiger partial charge in [0, 0.05) is 11.3 Å². The van der Waals surface area contributed by atoms with Crippen molar-refractivity contribution in [3.05, 3.63) is 0 Å². The van der Waals surface area contributed by atoms with Crippen LogP contribution < -0.4 is 5.32 Å². The van der Waals surface area contributed by atoms with Gasteiger partial charge < -0.3 is 5.32 Å². The van der Waals surface area contributed by atoms with Crippen LogP contribution in [0.25, 0.3) is 0 Å². The van der Waals surface area contributed by atoms with Crippen molar-refractivity contribution in [3.63, 3.8) is 0 Å². The molecule has 2 aliphatic rings. The lowest BCUT2D eigenvalue weighted by molar-refractivity contribution is 0.0496. The molecule has 1 N–H and O–H groups in total. The third kappa shape index (κ3) is 1.21. The Morgan fingerprint density at radius 2 is 1.93 bits per heavy atom. The number of nitrogens with one attached hydrogen (secondary N) is 1. The standard InChI is InChI=1S/C11H19F2N/c1-8(2)9-10(11(9,12)13)4-3-6-14-7-5-10/h8-9,14H,3-7H2,1-2H3. The van der Waals surface area contributed by atoms with Crippen molar-refractivity contribution in [1.82, 2.24) is 5.32 Å². The first-order valence-electron chi connectivity index (χ1n) is 5.61. The molecular formula is C11H19F2N. The SMILES string of the molecule is CC(C)C1C(F)(F)C12CCCNCC2. The third-order valence-corrected chi connectivity index (χ3v) is 3.96. The molecule has 1 aliphatic heterocycles. The van der Waals surface area contributed by atoms with Crippen molar-refractivity contribution in [3.8, 4) is 0 Å². The predicted octanol–water partition coefficient (Wildman–Crippen LogP) is 2.67. The first-order chi connectivity index (χ1) is 6.52. The van der Waals surface area contributed by atoms with Gasteiger partial charge >= 0.3 is 0 Å². The molecule has 0 bridgehead atoms. The lowest BCUT2D eigenvalue weighted by Crippen LogP contribution is -2.16. The van der Waals surface area contributed by atoms with Gasteiger partial charge in [-0.25, -0.2) is 8.78 Å². The summed E-state index contributed by atoms with van der Waals surface area (Å²) in [6, 6.07) is 0. The lowest BCUT2D eigenvalue weighted by atomic mass is 9.90. The molecule has 1 saturated heterocycles. The largest absolute Gasteiger partial charge is 0.317 e. The van der Waals surface area contributed by atoms with Gasteiger partial charge in [0.2, 0.25) is 0 Å². The summed E-state index contributed by atoms with van der Waals surface area (Å²) in [5.41, 5.74) is -0.648. The lowest BCUT2D eigenvalue weighted by Gasteiger charge is -2.13. The first kappa shape index (κ1) is 10.3. The van der Waals surface area contributed by atoms with E-state index < -0.39 is 11.3 Å². The van der Waals surface area contributed by atoms with Gasteiger partial charge in [-0.2, -0.15) is 0 Å². The molecule has 3 heteroatoms.